The van der Waals surface area contributed by atoms with E-state index in [0.717, 1.165) is 41.6 Å². The molecule has 296 valence electrons. The number of nitrogen functional groups attached to an aromatic ring is 1. The van der Waals surface area contributed by atoms with Gasteiger partial charge in [0.2, 0.25) is 11.8 Å². The highest BCUT2D eigenvalue weighted by Crippen LogP contribution is 2.61. The topological polar surface area (TPSA) is 347 Å². The maximum atomic E-state index is 12.6. The van der Waals surface area contributed by atoms with Gasteiger partial charge in [-0.05, 0) is 12.2 Å². The first kappa shape index (κ1) is 44.3. The third-order valence-corrected chi connectivity index (χ3v) is 11.5. The molecule has 7 atom stereocenters. The summed E-state index contributed by atoms with van der Waals surface area (Å²) in [5.74, 6) is 0.467. The van der Waals surface area contributed by atoms with Gasteiger partial charge in [0.25, 0.3) is 0 Å². The van der Waals surface area contributed by atoms with Crippen LogP contribution in [0.5, 0.6) is 0 Å². The molecule has 2 aromatic heterocycles. The van der Waals surface area contributed by atoms with Crippen molar-refractivity contribution in [3.63, 3.8) is 0 Å². The lowest BCUT2D eigenvalue weighted by Gasteiger charge is -2.30. The van der Waals surface area contributed by atoms with Gasteiger partial charge in [-0.3, -0.25) is 27.7 Å². The maximum absolute atomic E-state index is 12.6. The minimum atomic E-state index is -5.54. The van der Waals surface area contributed by atoms with Gasteiger partial charge < -0.3 is 50.9 Å². The van der Waals surface area contributed by atoms with Crippen LogP contribution in [0, 0.1) is 5.41 Å². The van der Waals surface area contributed by atoms with Crippen molar-refractivity contribution in [2.45, 2.75) is 70.7 Å². The molecule has 0 radical (unpaired) electrons. The van der Waals surface area contributed by atoms with Crippen molar-refractivity contribution in [3.8, 4) is 0 Å². The summed E-state index contributed by atoms with van der Waals surface area (Å²) in [4.78, 5) is 75.3. The van der Waals surface area contributed by atoms with E-state index in [-0.39, 0.29) is 35.9 Å². The molecule has 0 spiro atoms. The molecule has 1 saturated heterocycles. The molecule has 27 heteroatoms. The lowest BCUT2D eigenvalue weighted by atomic mass is 9.87. The third-order valence-electron chi connectivity index (χ3n) is 7.29. The standard InChI is InChI=1S/C25H44N7O16P3S/c1-4-5-9-52-10-8-27-16(33)6-7-28-23(36)20(35)25(2,3)12-45-51(42,43)48-50(40,41)44-11-15-19(47-49(37,38)39)18(34)24(46-15)32-14-31-17-21(26)29-13-30-22(17)32/h13-15,18-20,24,34-35H,4-12H2,1-3H3,(H,27,33)(H,28,36)(H,40,41)(H,42,43)(H2,26,29,30)(H2,37,38,39)/t15-,18-,19-,20+,24-/m1/s1. The number of carbonyl (C=O) groups is 2. The van der Waals surface area contributed by atoms with Crippen molar-refractivity contribution >= 4 is 64.0 Å². The summed E-state index contributed by atoms with van der Waals surface area (Å²) in [5, 5.41) is 26.5. The molecule has 0 aromatic carbocycles. The van der Waals surface area contributed by atoms with Crippen molar-refractivity contribution in [2.75, 3.05) is 43.5 Å². The second kappa shape index (κ2) is 19.0. The number of phosphoric acid groups is 3. The minimum Gasteiger partial charge on any atom is -0.386 e. The molecule has 23 nitrogen and oxygen atoms in total. The van der Waals surface area contributed by atoms with Gasteiger partial charge in [0, 0.05) is 30.7 Å². The molecule has 1 fully saturated rings. The second-order valence-electron chi connectivity index (χ2n) is 12.0. The molecule has 3 rings (SSSR count). The number of thioether (sulfide) groups is 1. The summed E-state index contributed by atoms with van der Waals surface area (Å²) in [6.07, 6.45) is -4.52. The van der Waals surface area contributed by atoms with Crippen LogP contribution in [0.3, 0.4) is 0 Å². The fourth-order valence-electron chi connectivity index (χ4n) is 4.55. The third kappa shape index (κ3) is 13.3. The average Bonchev–Trinajstić information content (AvgIpc) is 3.60. The highest BCUT2D eigenvalue weighted by Gasteiger charge is 2.50. The smallest absolute Gasteiger partial charge is 0.386 e. The quantitative estimate of drug-likeness (QED) is 0.0554. The zero-order valence-corrected chi connectivity index (χ0v) is 31.8. The van der Waals surface area contributed by atoms with E-state index in [0.29, 0.717) is 6.54 Å². The van der Waals surface area contributed by atoms with E-state index in [9.17, 15) is 53.1 Å². The number of phosphoric ester groups is 3. The van der Waals surface area contributed by atoms with Crippen LogP contribution in [0.4, 0.5) is 5.82 Å². The average molecular weight is 824 g/mol. The van der Waals surface area contributed by atoms with Crippen LogP contribution in [-0.2, 0) is 45.9 Å². The first-order chi connectivity index (χ1) is 24.2. The SMILES string of the molecule is CCCCSCCNC(=O)CCNC(=O)[C@H](O)C(C)(C)COP(=O)(O)OP(=O)(O)OC[C@H]1O[C@@H](n2cnc3c(N)ncnc32)[C@H](O)[C@@H]1OP(=O)(O)O. The number of nitrogens with two attached hydrogens (primary N) is 1. The van der Waals surface area contributed by atoms with Gasteiger partial charge in [0.15, 0.2) is 17.7 Å². The first-order valence-electron chi connectivity index (χ1n) is 15.6. The second-order valence-corrected chi connectivity index (χ2v) is 17.5. The van der Waals surface area contributed by atoms with E-state index >= 15 is 0 Å². The van der Waals surface area contributed by atoms with Crippen molar-refractivity contribution < 1.29 is 75.7 Å². The molecule has 0 saturated carbocycles. The Balaban J connectivity index is 1.53. The Morgan fingerprint density at radius 2 is 1.77 bits per heavy atom. The Labute approximate surface area is 301 Å². The van der Waals surface area contributed by atoms with Gasteiger partial charge in [0.05, 0.1) is 19.5 Å². The number of fused-ring (bicyclic) bond motifs is 1. The number of amides is 2. The van der Waals surface area contributed by atoms with E-state index in [1.54, 1.807) is 11.8 Å². The van der Waals surface area contributed by atoms with Gasteiger partial charge in [-0.2, -0.15) is 16.1 Å². The molecule has 0 aliphatic carbocycles. The maximum Gasteiger partial charge on any atom is 0.481 e. The van der Waals surface area contributed by atoms with Gasteiger partial charge in [0.1, 0.15) is 36.3 Å². The van der Waals surface area contributed by atoms with Crippen LogP contribution in [0.25, 0.3) is 11.2 Å². The van der Waals surface area contributed by atoms with Crippen LogP contribution < -0.4 is 16.4 Å². The number of nitrogens with zero attached hydrogens (tertiary/aromatic N) is 4. The zero-order valence-electron chi connectivity index (χ0n) is 28.3. The van der Waals surface area contributed by atoms with Crippen LogP contribution >= 0.6 is 35.2 Å². The van der Waals surface area contributed by atoms with Crippen molar-refractivity contribution in [1.82, 2.24) is 30.2 Å². The minimum absolute atomic E-state index is 0.0338. The summed E-state index contributed by atoms with van der Waals surface area (Å²) in [7, 11) is -16.3. The first-order valence-corrected chi connectivity index (χ1v) is 21.3. The fraction of sp³-hybridized carbons (Fsp3) is 0.720. The highest BCUT2D eigenvalue weighted by molar-refractivity contribution is 7.99. The number of rotatable bonds is 22. The number of ether oxygens (including phenoxy) is 1. The number of hydrogen-bond donors (Lipinski definition) is 9. The largest absolute Gasteiger partial charge is 0.481 e. The number of unbranched alkanes of at least 4 members (excludes halogenated alkanes) is 1. The number of carbonyl (C=O) groups excluding carboxylic acids is 2. The Hall–Kier alpha value is -2.11. The molecular weight excluding hydrogens is 779 g/mol. The van der Waals surface area contributed by atoms with Gasteiger partial charge in [-0.15, -0.1) is 0 Å². The summed E-state index contributed by atoms with van der Waals surface area (Å²) in [6.45, 7) is 3.02. The molecule has 2 aromatic rings. The summed E-state index contributed by atoms with van der Waals surface area (Å²) < 4.78 is 62.0. The molecular formula is C25H44N7O16P3S. The molecule has 3 heterocycles. The van der Waals surface area contributed by atoms with Gasteiger partial charge in [-0.1, -0.05) is 27.2 Å². The van der Waals surface area contributed by atoms with E-state index in [2.05, 4.69) is 41.3 Å². The van der Waals surface area contributed by atoms with Gasteiger partial charge >= 0.3 is 23.5 Å². The number of aliphatic hydroxyl groups excluding tert-OH is 2. The number of anilines is 1. The Morgan fingerprint density at radius 1 is 1.08 bits per heavy atom. The van der Waals surface area contributed by atoms with Crippen LogP contribution in [0.2, 0.25) is 0 Å². The van der Waals surface area contributed by atoms with Crippen LogP contribution in [0.1, 0.15) is 46.3 Å². The number of aliphatic hydroxyl groups is 2. The predicted molar refractivity (Wildman–Crippen MR) is 182 cm³/mol. The summed E-state index contributed by atoms with van der Waals surface area (Å²) in [5.41, 5.74) is 4.32. The number of aromatic nitrogens is 4. The Kier molecular flexibility index (Phi) is 16.2. The molecule has 52 heavy (non-hydrogen) atoms. The predicted octanol–water partition coefficient (Wildman–Crippen LogP) is -0.0618. The lowest BCUT2D eigenvalue weighted by Crippen LogP contribution is -2.46. The number of hydrogen-bond acceptors (Lipinski definition) is 17. The van der Waals surface area contributed by atoms with Crippen molar-refractivity contribution in [1.29, 1.82) is 0 Å². The van der Waals surface area contributed by atoms with E-state index in [4.69, 9.17) is 19.5 Å². The van der Waals surface area contributed by atoms with Crippen molar-refractivity contribution in [3.05, 3.63) is 12.7 Å². The van der Waals surface area contributed by atoms with E-state index in [1.807, 2.05) is 0 Å². The van der Waals surface area contributed by atoms with Gasteiger partial charge in [-0.25, -0.2) is 28.6 Å². The van der Waals surface area contributed by atoms with Crippen LogP contribution in [0.15, 0.2) is 12.7 Å². The van der Waals surface area contributed by atoms with E-state index < -0.39 is 78.6 Å². The molecule has 10 N–H and O–H groups in total. The summed E-state index contributed by atoms with van der Waals surface area (Å²) in [6, 6.07) is 0. The normalized spacial score (nSPS) is 22.5. The van der Waals surface area contributed by atoms with Crippen LogP contribution in [-0.4, -0.2) is 123 Å². The lowest BCUT2D eigenvalue weighted by molar-refractivity contribution is -0.137. The monoisotopic (exact) mass is 823 g/mol. The fourth-order valence-corrected chi connectivity index (χ4v) is 8.32. The molecule has 2 amide bonds. The Bertz CT molecular complexity index is 1660. The molecule has 0 bridgehead atoms. The summed E-state index contributed by atoms with van der Waals surface area (Å²) >= 11 is 1.71. The highest BCUT2D eigenvalue weighted by atomic mass is 32.2. The molecule has 2 unspecified atom stereocenters. The van der Waals surface area contributed by atoms with Crippen molar-refractivity contribution in [2.24, 2.45) is 5.41 Å². The zero-order chi connectivity index (χ0) is 38.9. The Morgan fingerprint density at radius 3 is 2.44 bits per heavy atom. The molecule has 1 aliphatic heterocycles. The number of nitrogens with one attached hydrogen (secondary N) is 2. The van der Waals surface area contributed by atoms with E-state index in [1.165, 1.54) is 13.8 Å². The molecule has 1 aliphatic rings. The number of imidazole rings is 1.